The van der Waals surface area contributed by atoms with Crippen LogP contribution in [0.5, 0.6) is 0 Å². The Morgan fingerprint density at radius 2 is 1.53 bits per heavy atom. The van der Waals surface area contributed by atoms with E-state index in [0.29, 0.717) is 17.1 Å². The van der Waals surface area contributed by atoms with E-state index in [1.807, 2.05) is 6.92 Å². The van der Waals surface area contributed by atoms with Gasteiger partial charge in [-0.2, -0.15) is 0 Å². The highest BCUT2D eigenvalue weighted by atomic mass is 79.9. The molecule has 0 fully saturated rings. The van der Waals surface area contributed by atoms with Gasteiger partial charge in [-0.05, 0) is 61.5 Å². The Hall–Kier alpha value is -2.89. The average Bonchev–Trinajstić information content (AvgIpc) is 2.77. The maximum absolute atomic E-state index is 13.4. The van der Waals surface area contributed by atoms with Crippen molar-refractivity contribution in [3.63, 3.8) is 0 Å². The summed E-state index contributed by atoms with van der Waals surface area (Å²) in [6.07, 6.45) is 1.07. The van der Waals surface area contributed by atoms with Crippen molar-refractivity contribution in [3.8, 4) is 0 Å². The third kappa shape index (κ3) is 6.16. The average molecular weight is 566 g/mol. The summed E-state index contributed by atoms with van der Waals surface area (Å²) >= 11 is 3.33. The standard InChI is InChI=1S/C23H24BrN3O5S2/c1-17-7-13-22(14-8-17)34(31,32)27(20-11-9-18(24)10-12-20)16-23(28)25-19-5-4-6-21(15-19)26(2)33(3,29)30/h4-15H,16H2,1-3H3,(H,25,28). The van der Waals surface area contributed by atoms with Gasteiger partial charge in [-0.15, -0.1) is 0 Å². The summed E-state index contributed by atoms with van der Waals surface area (Å²) < 4.78 is 53.4. The van der Waals surface area contributed by atoms with Crippen molar-refractivity contribution >= 4 is 58.9 Å². The van der Waals surface area contributed by atoms with E-state index in [4.69, 9.17) is 0 Å². The lowest BCUT2D eigenvalue weighted by atomic mass is 10.2. The van der Waals surface area contributed by atoms with E-state index in [1.54, 1.807) is 54.6 Å². The predicted molar refractivity (Wildman–Crippen MR) is 138 cm³/mol. The molecule has 180 valence electrons. The van der Waals surface area contributed by atoms with Crippen molar-refractivity contribution in [2.45, 2.75) is 11.8 Å². The summed E-state index contributed by atoms with van der Waals surface area (Å²) in [6, 6.07) is 19.2. The lowest BCUT2D eigenvalue weighted by molar-refractivity contribution is -0.114. The molecule has 0 saturated carbocycles. The van der Waals surface area contributed by atoms with Crippen molar-refractivity contribution in [3.05, 3.63) is 82.8 Å². The minimum absolute atomic E-state index is 0.0607. The Morgan fingerprint density at radius 1 is 0.912 bits per heavy atom. The zero-order chi connectivity index (χ0) is 25.1. The van der Waals surface area contributed by atoms with Gasteiger partial charge in [-0.1, -0.05) is 39.7 Å². The molecule has 3 aromatic rings. The van der Waals surface area contributed by atoms with Gasteiger partial charge in [0.15, 0.2) is 0 Å². The van der Waals surface area contributed by atoms with Gasteiger partial charge >= 0.3 is 0 Å². The van der Waals surface area contributed by atoms with Crippen LogP contribution in [0.4, 0.5) is 17.1 Å². The summed E-state index contributed by atoms with van der Waals surface area (Å²) in [6.45, 7) is 1.37. The first-order chi connectivity index (χ1) is 15.9. The van der Waals surface area contributed by atoms with Gasteiger partial charge in [0.2, 0.25) is 15.9 Å². The molecule has 0 aliphatic rings. The zero-order valence-electron chi connectivity index (χ0n) is 18.8. The molecule has 11 heteroatoms. The van der Waals surface area contributed by atoms with Crippen LogP contribution in [0.1, 0.15) is 5.56 Å². The van der Waals surface area contributed by atoms with Crippen LogP contribution in [0.15, 0.2) is 82.2 Å². The highest BCUT2D eigenvalue weighted by Crippen LogP contribution is 2.26. The molecule has 3 rings (SSSR count). The zero-order valence-corrected chi connectivity index (χ0v) is 22.0. The van der Waals surface area contributed by atoms with Crippen LogP contribution in [-0.2, 0) is 24.8 Å². The van der Waals surface area contributed by atoms with Gasteiger partial charge in [-0.3, -0.25) is 13.4 Å². The number of hydrogen-bond acceptors (Lipinski definition) is 5. The van der Waals surface area contributed by atoms with E-state index < -0.39 is 32.5 Å². The fourth-order valence-corrected chi connectivity index (χ4v) is 5.24. The maximum Gasteiger partial charge on any atom is 0.264 e. The van der Waals surface area contributed by atoms with E-state index in [2.05, 4.69) is 21.2 Å². The van der Waals surface area contributed by atoms with E-state index >= 15 is 0 Å². The van der Waals surface area contributed by atoms with Crippen molar-refractivity contribution in [1.82, 2.24) is 0 Å². The third-order valence-corrected chi connectivity index (χ3v) is 8.52. The maximum atomic E-state index is 13.4. The minimum Gasteiger partial charge on any atom is -0.324 e. The summed E-state index contributed by atoms with van der Waals surface area (Å²) in [5.74, 6) is -0.585. The Morgan fingerprint density at radius 3 is 2.12 bits per heavy atom. The van der Waals surface area contributed by atoms with Gasteiger partial charge in [0, 0.05) is 17.2 Å². The van der Waals surface area contributed by atoms with Crippen LogP contribution in [-0.4, -0.2) is 42.6 Å². The second-order valence-corrected chi connectivity index (χ2v) is 12.4. The fraction of sp³-hybridized carbons (Fsp3) is 0.174. The second kappa shape index (κ2) is 10.2. The molecule has 34 heavy (non-hydrogen) atoms. The number of carbonyl (C=O) groups excluding carboxylic acids is 1. The molecule has 0 radical (unpaired) electrons. The number of aryl methyl sites for hydroxylation is 1. The monoisotopic (exact) mass is 565 g/mol. The SMILES string of the molecule is Cc1ccc(S(=O)(=O)N(CC(=O)Nc2cccc(N(C)S(C)(=O)=O)c2)c2ccc(Br)cc2)cc1. The Kier molecular flexibility index (Phi) is 7.69. The number of amides is 1. The number of sulfonamides is 2. The molecule has 3 aromatic carbocycles. The molecule has 0 heterocycles. The quantitative estimate of drug-likeness (QED) is 0.444. The van der Waals surface area contributed by atoms with Crippen molar-refractivity contribution < 1.29 is 21.6 Å². The van der Waals surface area contributed by atoms with E-state index in [1.165, 1.54) is 25.2 Å². The number of anilines is 3. The molecule has 0 atom stereocenters. The normalized spacial score (nSPS) is 11.6. The van der Waals surface area contributed by atoms with Crippen LogP contribution < -0.4 is 13.9 Å². The molecule has 0 aliphatic carbocycles. The molecule has 0 bridgehead atoms. The lowest BCUT2D eigenvalue weighted by Gasteiger charge is -2.24. The van der Waals surface area contributed by atoms with Crippen LogP contribution in [0.25, 0.3) is 0 Å². The first-order valence-electron chi connectivity index (χ1n) is 10.1. The van der Waals surface area contributed by atoms with E-state index in [-0.39, 0.29) is 4.90 Å². The largest absolute Gasteiger partial charge is 0.324 e. The van der Waals surface area contributed by atoms with Crippen LogP contribution in [0.3, 0.4) is 0 Å². The number of hydrogen-bond donors (Lipinski definition) is 1. The molecule has 0 aromatic heterocycles. The van der Waals surface area contributed by atoms with Crippen molar-refractivity contribution in [1.29, 1.82) is 0 Å². The first kappa shape index (κ1) is 25.7. The highest BCUT2D eigenvalue weighted by Gasteiger charge is 2.27. The van der Waals surface area contributed by atoms with Crippen molar-refractivity contribution in [2.75, 3.05) is 33.8 Å². The molecule has 0 aliphatic heterocycles. The summed E-state index contributed by atoms with van der Waals surface area (Å²) in [4.78, 5) is 13.0. The van der Waals surface area contributed by atoms with Gasteiger partial charge in [0.25, 0.3) is 10.0 Å². The van der Waals surface area contributed by atoms with Crippen LogP contribution in [0.2, 0.25) is 0 Å². The smallest absolute Gasteiger partial charge is 0.264 e. The second-order valence-electron chi connectivity index (χ2n) is 7.63. The molecular weight excluding hydrogens is 542 g/mol. The number of nitrogens with zero attached hydrogens (tertiary/aromatic N) is 2. The lowest BCUT2D eigenvalue weighted by Crippen LogP contribution is -2.38. The highest BCUT2D eigenvalue weighted by molar-refractivity contribution is 9.10. The molecule has 1 N–H and O–H groups in total. The van der Waals surface area contributed by atoms with Crippen LogP contribution >= 0.6 is 15.9 Å². The van der Waals surface area contributed by atoms with Crippen molar-refractivity contribution in [2.24, 2.45) is 0 Å². The predicted octanol–water partition coefficient (Wildman–Crippen LogP) is 3.99. The topological polar surface area (TPSA) is 104 Å². The minimum atomic E-state index is -4.04. The first-order valence-corrected chi connectivity index (χ1v) is 14.1. The number of halogens is 1. The van der Waals surface area contributed by atoms with Gasteiger partial charge in [-0.25, -0.2) is 16.8 Å². The molecule has 0 saturated heterocycles. The molecule has 1 amide bonds. The molecule has 0 unspecified atom stereocenters. The van der Waals surface area contributed by atoms with Crippen LogP contribution in [0, 0.1) is 6.92 Å². The van der Waals surface area contributed by atoms with E-state index in [0.717, 1.165) is 24.9 Å². The van der Waals surface area contributed by atoms with E-state index in [9.17, 15) is 21.6 Å². The summed E-state index contributed by atoms with van der Waals surface area (Å²) in [5, 5.41) is 2.66. The number of carbonyl (C=O) groups is 1. The van der Waals surface area contributed by atoms with Gasteiger partial charge in [0.05, 0.1) is 22.5 Å². The Balaban J connectivity index is 1.91. The summed E-state index contributed by atoms with van der Waals surface area (Å²) in [5.41, 5.74) is 1.93. The Bertz CT molecular complexity index is 1390. The number of rotatable bonds is 8. The van der Waals surface area contributed by atoms with Gasteiger partial charge in [0.1, 0.15) is 6.54 Å². The van der Waals surface area contributed by atoms with Gasteiger partial charge < -0.3 is 5.32 Å². The Labute approximate surface area is 208 Å². The molecule has 0 spiro atoms. The number of benzene rings is 3. The molecule has 8 nitrogen and oxygen atoms in total. The summed E-state index contributed by atoms with van der Waals surface area (Å²) in [7, 11) is -6.12. The molecular formula is C23H24BrN3O5S2. The number of nitrogens with one attached hydrogen (secondary N) is 1. The third-order valence-electron chi connectivity index (χ3n) is 5.00. The fourth-order valence-electron chi connectivity index (χ4n) is 3.06.